The molecule has 1 N–H and O–H groups in total. The Labute approximate surface area is 114 Å². The van der Waals surface area contributed by atoms with Gasteiger partial charge in [0.1, 0.15) is 5.82 Å². The minimum atomic E-state index is -0.237. The van der Waals surface area contributed by atoms with Gasteiger partial charge in [0.2, 0.25) is 0 Å². The number of nitrogens with one attached hydrogen (secondary N) is 1. The first-order valence-corrected chi connectivity index (χ1v) is 6.50. The lowest BCUT2D eigenvalue weighted by molar-refractivity contribution is 0.571. The van der Waals surface area contributed by atoms with Crippen molar-refractivity contribution in [1.29, 1.82) is 0 Å². The van der Waals surface area contributed by atoms with Crippen molar-refractivity contribution < 1.29 is 4.39 Å². The predicted octanol–water partition coefficient (Wildman–Crippen LogP) is 2.82. The summed E-state index contributed by atoms with van der Waals surface area (Å²) in [5.41, 5.74) is 2.04. The van der Waals surface area contributed by atoms with Gasteiger partial charge in [0.05, 0.1) is 10.7 Å². The molecule has 0 aliphatic rings. The minimum Gasteiger partial charge on any atom is -0.313 e. The summed E-state index contributed by atoms with van der Waals surface area (Å²) < 4.78 is 15.8. The number of aryl methyl sites for hydroxylation is 1. The highest BCUT2D eigenvalue weighted by Gasteiger charge is 2.16. The number of nitrogens with zero attached hydrogens (tertiary/aromatic N) is 2. The Morgan fingerprint density at radius 2 is 2.28 bits per heavy atom. The van der Waals surface area contributed by atoms with Crippen molar-refractivity contribution in [3.8, 4) is 0 Å². The lowest BCUT2D eigenvalue weighted by atomic mass is 10.0. The maximum absolute atomic E-state index is 13.5. The molecule has 2 aromatic rings. The van der Waals surface area contributed by atoms with Crippen LogP contribution in [0.5, 0.6) is 0 Å². The summed E-state index contributed by atoms with van der Waals surface area (Å²) in [7, 11) is 3.76. The molecule has 0 aliphatic heterocycles. The molecule has 0 fully saturated rings. The highest BCUT2D eigenvalue weighted by atomic mass is 79.9. The number of benzene rings is 1. The fourth-order valence-corrected chi connectivity index (χ4v) is 2.51. The largest absolute Gasteiger partial charge is 0.313 e. The Morgan fingerprint density at radius 1 is 1.50 bits per heavy atom. The van der Waals surface area contributed by atoms with Gasteiger partial charge < -0.3 is 5.32 Å². The third-order valence-electron chi connectivity index (χ3n) is 2.90. The van der Waals surface area contributed by atoms with E-state index in [-0.39, 0.29) is 11.9 Å². The van der Waals surface area contributed by atoms with E-state index in [9.17, 15) is 4.39 Å². The molecule has 0 radical (unpaired) electrons. The Bertz CT molecular complexity index is 539. The van der Waals surface area contributed by atoms with Gasteiger partial charge in [-0.3, -0.25) is 4.68 Å². The van der Waals surface area contributed by atoms with Crippen LogP contribution in [0.2, 0.25) is 0 Å². The van der Waals surface area contributed by atoms with Gasteiger partial charge in [-0.2, -0.15) is 5.10 Å². The first-order valence-electron chi connectivity index (χ1n) is 5.70. The molecule has 2 rings (SSSR count). The maximum Gasteiger partial charge on any atom is 0.137 e. The molecule has 1 atom stereocenters. The van der Waals surface area contributed by atoms with Gasteiger partial charge in [0.25, 0.3) is 0 Å². The molecule has 0 saturated heterocycles. The van der Waals surface area contributed by atoms with Crippen LogP contribution in [0.25, 0.3) is 0 Å². The summed E-state index contributed by atoms with van der Waals surface area (Å²) in [4.78, 5) is 0. The highest BCUT2D eigenvalue weighted by Crippen LogP contribution is 2.28. The third kappa shape index (κ3) is 2.79. The molecule has 18 heavy (non-hydrogen) atoms. The molecule has 1 aromatic carbocycles. The van der Waals surface area contributed by atoms with Gasteiger partial charge in [-0.1, -0.05) is 12.1 Å². The fraction of sp³-hybridized carbons (Fsp3) is 0.308. The molecule has 0 spiro atoms. The second-order valence-electron chi connectivity index (χ2n) is 4.21. The number of hydrogen-bond donors (Lipinski definition) is 1. The van der Waals surface area contributed by atoms with Crippen molar-refractivity contribution in [2.45, 2.75) is 12.5 Å². The highest BCUT2D eigenvalue weighted by molar-refractivity contribution is 9.10. The van der Waals surface area contributed by atoms with Gasteiger partial charge in [-0.15, -0.1) is 0 Å². The third-order valence-corrected chi connectivity index (χ3v) is 3.74. The topological polar surface area (TPSA) is 29.9 Å². The Kier molecular flexibility index (Phi) is 4.14. The molecule has 1 aromatic heterocycles. The van der Waals surface area contributed by atoms with Crippen molar-refractivity contribution in [1.82, 2.24) is 15.1 Å². The quantitative estimate of drug-likeness (QED) is 0.941. The second-order valence-corrected chi connectivity index (χ2v) is 5.00. The summed E-state index contributed by atoms with van der Waals surface area (Å²) in [6.07, 6.45) is 4.57. The van der Waals surface area contributed by atoms with E-state index in [0.29, 0.717) is 4.47 Å². The second kappa shape index (κ2) is 5.63. The van der Waals surface area contributed by atoms with E-state index >= 15 is 0 Å². The van der Waals surface area contributed by atoms with Crippen LogP contribution in [-0.4, -0.2) is 16.8 Å². The zero-order valence-electron chi connectivity index (χ0n) is 10.3. The van der Waals surface area contributed by atoms with Crippen molar-refractivity contribution in [3.05, 3.63) is 52.0 Å². The number of aromatic nitrogens is 2. The zero-order valence-corrected chi connectivity index (χ0v) is 11.9. The van der Waals surface area contributed by atoms with E-state index in [1.807, 2.05) is 32.6 Å². The number of hydrogen-bond acceptors (Lipinski definition) is 2. The van der Waals surface area contributed by atoms with Crippen LogP contribution in [0, 0.1) is 5.82 Å². The predicted molar refractivity (Wildman–Crippen MR) is 72.8 cm³/mol. The van der Waals surface area contributed by atoms with Crippen LogP contribution in [0.15, 0.2) is 35.1 Å². The van der Waals surface area contributed by atoms with Crippen LogP contribution in [0.4, 0.5) is 4.39 Å². The average Bonchev–Trinajstić information content (AvgIpc) is 2.76. The van der Waals surface area contributed by atoms with Gasteiger partial charge in [0.15, 0.2) is 0 Å². The van der Waals surface area contributed by atoms with Crippen molar-refractivity contribution in [2.24, 2.45) is 7.05 Å². The van der Waals surface area contributed by atoms with Crippen molar-refractivity contribution in [2.75, 3.05) is 7.05 Å². The molecule has 1 unspecified atom stereocenters. The molecular formula is C13H15BrFN3. The van der Waals surface area contributed by atoms with Crippen molar-refractivity contribution in [3.63, 3.8) is 0 Å². The summed E-state index contributed by atoms with van der Waals surface area (Å²) in [6.45, 7) is 0. The molecule has 1 heterocycles. The summed E-state index contributed by atoms with van der Waals surface area (Å²) in [6, 6.07) is 5.15. The van der Waals surface area contributed by atoms with Gasteiger partial charge in [-0.05, 0) is 46.6 Å². The number of halogens is 2. The van der Waals surface area contributed by atoms with E-state index < -0.39 is 0 Å². The molecule has 96 valence electrons. The first kappa shape index (κ1) is 13.2. The molecule has 0 saturated carbocycles. The molecule has 0 aliphatic carbocycles. The summed E-state index contributed by atoms with van der Waals surface area (Å²) >= 11 is 3.30. The smallest absolute Gasteiger partial charge is 0.137 e. The normalized spacial score (nSPS) is 12.7. The van der Waals surface area contributed by atoms with Crippen LogP contribution in [-0.2, 0) is 13.5 Å². The van der Waals surface area contributed by atoms with Gasteiger partial charge in [-0.25, -0.2) is 4.39 Å². The molecule has 0 amide bonds. The number of rotatable bonds is 4. The molecule has 3 nitrogen and oxygen atoms in total. The monoisotopic (exact) mass is 311 g/mol. The van der Waals surface area contributed by atoms with Crippen LogP contribution in [0.3, 0.4) is 0 Å². The Balaban J connectivity index is 2.25. The van der Waals surface area contributed by atoms with Gasteiger partial charge in [0, 0.05) is 19.3 Å². The van der Waals surface area contributed by atoms with E-state index in [4.69, 9.17) is 0 Å². The maximum atomic E-state index is 13.5. The first-order chi connectivity index (χ1) is 8.61. The zero-order chi connectivity index (χ0) is 13.1. The van der Waals surface area contributed by atoms with E-state index in [1.165, 1.54) is 6.07 Å². The average molecular weight is 312 g/mol. The van der Waals surface area contributed by atoms with Crippen LogP contribution < -0.4 is 5.32 Å². The fourth-order valence-electron chi connectivity index (χ4n) is 1.97. The van der Waals surface area contributed by atoms with Crippen LogP contribution >= 0.6 is 15.9 Å². The molecule has 5 heteroatoms. The summed E-state index contributed by atoms with van der Waals surface area (Å²) in [5.74, 6) is -0.237. The standard InChI is InChI=1S/C13H15BrFN3/c1-16-12(6-9-7-17-18(2)8-9)10-4-3-5-11(15)13(10)14/h3-5,7-8,12,16H,6H2,1-2H3. The lowest BCUT2D eigenvalue weighted by Crippen LogP contribution is -2.19. The van der Waals surface area contributed by atoms with Crippen molar-refractivity contribution >= 4 is 15.9 Å². The Morgan fingerprint density at radius 3 is 2.89 bits per heavy atom. The lowest BCUT2D eigenvalue weighted by Gasteiger charge is -2.17. The molecular weight excluding hydrogens is 297 g/mol. The van der Waals surface area contributed by atoms with E-state index in [1.54, 1.807) is 10.7 Å². The summed E-state index contributed by atoms with van der Waals surface area (Å²) in [5, 5.41) is 7.35. The van der Waals surface area contributed by atoms with Gasteiger partial charge >= 0.3 is 0 Å². The Hall–Kier alpha value is -1.20. The number of likely N-dealkylation sites (N-methyl/N-ethyl adjacent to an activating group) is 1. The van der Waals surface area contributed by atoms with E-state index in [0.717, 1.165) is 17.5 Å². The van der Waals surface area contributed by atoms with Crippen LogP contribution in [0.1, 0.15) is 17.2 Å². The molecule has 0 bridgehead atoms. The minimum absolute atomic E-state index is 0.0549. The van der Waals surface area contributed by atoms with E-state index in [2.05, 4.69) is 26.3 Å². The SMILES string of the molecule is CNC(Cc1cnn(C)c1)c1cccc(F)c1Br.